The van der Waals surface area contributed by atoms with Gasteiger partial charge in [-0.1, -0.05) is 17.7 Å². The summed E-state index contributed by atoms with van der Waals surface area (Å²) in [6.45, 7) is 3.86. The summed E-state index contributed by atoms with van der Waals surface area (Å²) in [6.07, 6.45) is 0. The maximum absolute atomic E-state index is 12.4. The number of hydrogen-bond donors (Lipinski definition) is 1. The second-order valence-corrected chi connectivity index (χ2v) is 7.72. The molecule has 0 unspecified atom stereocenters. The maximum atomic E-state index is 12.4. The Morgan fingerprint density at radius 2 is 1.65 bits per heavy atom. The molecule has 0 radical (unpaired) electrons. The lowest BCUT2D eigenvalue weighted by atomic mass is 10.1. The van der Waals surface area contributed by atoms with Gasteiger partial charge in [0.25, 0.3) is 5.91 Å². The van der Waals surface area contributed by atoms with E-state index in [0.717, 1.165) is 11.1 Å². The van der Waals surface area contributed by atoms with Crippen LogP contribution in [0.5, 0.6) is 23.0 Å². The first-order chi connectivity index (χ1) is 16.4. The molecule has 1 N–H and O–H groups in total. The van der Waals surface area contributed by atoms with E-state index in [4.69, 9.17) is 23.4 Å². The Morgan fingerprint density at radius 3 is 2.29 bits per heavy atom. The smallest absolute Gasteiger partial charge is 0.262 e. The number of methoxy groups -OCH3 is 3. The molecule has 0 aliphatic rings. The van der Waals surface area contributed by atoms with E-state index in [1.165, 1.54) is 0 Å². The molecule has 1 heterocycles. The van der Waals surface area contributed by atoms with Crippen LogP contribution in [0.25, 0.3) is 22.6 Å². The number of aromatic nitrogens is 1. The number of rotatable bonds is 8. The third-order valence-electron chi connectivity index (χ3n) is 5.27. The predicted molar refractivity (Wildman–Crippen MR) is 129 cm³/mol. The van der Waals surface area contributed by atoms with Gasteiger partial charge in [0.1, 0.15) is 11.3 Å². The number of nitrogens with one attached hydrogen (secondary N) is 1. The van der Waals surface area contributed by atoms with Crippen molar-refractivity contribution in [3.8, 4) is 34.5 Å². The molecule has 1 amide bonds. The fourth-order valence-corrected chi connectivity index (χ4v) is 3.63. The van der Waals surface area contributed by atoms with Crippen LogP contribution in [0.2, 0.25) is 0 Å². The first-order valence-electron chi connectivity index (χ1n) is 10.6. The molecule has 8 nitrogen and oxygen atoms in total. The SMILES string of the molecule is COc1cc(-c2nc3cc(NC(=O)COc4ccc(C)cc4C)ccc3o2)cc(OC)c1OC. The van der Waals surface area contributed by atoms with Crippen molar-refractivity contribution in [1.82, 2.24) is 4.98 Å². The Bertz CT molecular complexity index is 1320. The van der Waals surface area contributed by atoms with Gasteiger partial charge < -0.3 is 28.7 Å². The minimum absolute atomic E-state index is 0.0998. The van der Waals surface area contributed by atoms with Crippen molar-refractivity contribution in [1.29, 1.82) is 0 Å². The second-order valence-electron chi connectivity index (χ2n) is 7.72. The van der Waals surface area contributed by atoms with Gasteiger partial charge in [-0.15, -0.1) is 0 Å². The van der Waals surface area contributed by atoms with Crippen molar-refractivity contribution in [2.75, 3.05) is 33.3 Å². The van der Waals surface area contributed by atoms with Crippen LogP contribution in [-0.2, 0) is 4.79 Å². The lowest BCUT2D eigenvalue weighted by molar-refractivity contribution is -0.118. The van der Waals surface area contributed by atoms with Gasteiger partial charge in [0, 0.05) is 11.3 Å². The van der Waals surface area contributed by atoms with E-state index in [0.29, 0.717) is 51.2 Å². The van der Waals surface area contributed by atoms with E-state index < -0.39 is 0 Å². The highest BCUT2D eigenvalue weighted by atomic mass is 16.5. The Morgan fingerprint density at radius 1 is 0.912 bits per heavy atom. The van der Waals surface area contributed by atoms with Crippen LogP contribution >= 0.6 is 0 Å². The summed E-state index contributed by atoms with van der Waals surface area (Å²) in [5, 5.41) is 2.83. The van der Waals surface area contributed by atoms with Crippen LogP contribution in [0.3, 0.4) is 0 Å². The molecule has 0 saturated carbocycles. The molecular weight excluding hydrogens is 436 g/mol. The Kier molecular flexibility index (Phi) is 6.58. The summed E-state index contributed by atoms with van der Waals surface area (Å²) in [6, 6.07) is 14.6. The first-order valence-corrected chi connectivity index (χ1v) is 10.6. The zero-order valence-electron chi connectivity index (χ0n) is 19.7. The number of anilines is 1. The summed E-state index contributed by atoms with van der Waals surface area (Å²) in [5.74, 6) is 2.27. The summed E-state index contributed by atoms with van der Waals surface area (Å²) in [5.41, 5.74) is 4.55. The molecule has 8 heteroatoms. The number of nitrogens with zero attached hydrogens (tertiary/aromatic N) is 1. The number of aryl methyl sites for hydroxylation is 2. The number of hydrogen-bond acceptors (Lipinski definition) is 7. The largest absolute Gasteiger partial charge is 0.493 e. The summed E-state index contributed by atoms with van der Waals surface area (Å²) >= 11 is 0. The first kappa shape index (κ1) is 23.0. The second kappa shape index (κ2) is 9.74. The number of carbonyl (C=O) groups is 1. The fourth-order valence-electron chi connectivity index (χ4n) is 3.63. The van der Waals surface area contributed by atoms with Gasteiger partial charge in [-0.3, -0.25) is 4.79 Å². The lowest BCUT2D eigenvalue weighted by Crippen LogP contribution is -2.20. The number of carbonyl (C=O) groups excluding carboxylic acids is 1. The monoisotopic (exact) mass is 462 g/mol. The molecule has 0 saturated heterocycles. The molecule has 0 fully saturated rings. The zero-order valence-corrected chi connectivity index (χ0v) is 19.7. The molecule has 0 spiro atoms. The van der Waals surface area contributed by atoms with E-state index >= 15 is 0 Å². The van der Waals surface area contributed by atoms with E-state index in [2.05, 4.69) is 10.3 Å². The van der Waals surface area contributed by atoms with Crippen molar-refractivity contribution >= 4 is 22.7 Å². The lowest BCUT2D eigenvalue weighted by Gasteiger charge is -2.12. The van der Waals surface area contributed by atoms with E-state index in [1.54, 1.807) is 51.7 Å². The van der Waals surface area contributed by atoms with Crippen LogP contribution in [0.1, 0.15) is 11.1 Å². The third-order valence-corrected chi connectivity index (χ3v) is 5.27. The average Bonchev–Trinajstić information content (AvgIpc) is 3.26. The van der Waals surface area contributed by atoms with Gasteiger partial charge in [0.2, 0.25) is 11.6 Å². The van der Waals surface area contributed by atoms with Crippen LogP contribution in [0.4, 0.5) is 5.69 Å². The topological polar surface area (TPSA) is 92.1 Å². The summed E-state index contributed by atoms with van der Waals surface area (Å²) in [4.78, 5) is 17.0. The number of amides is 1. The summed E-state index contributed by atoms with van der Waals surface area (Å²) < 4.78 is 27.8. The van der Waals surface area contributed by atoms with Gasteiger partial charge in [0.15, 0.2) is 23.7 Å². The van der Waals surface area contributed by atoms with E-state index in [9.17, 15) is 4.79 Å². The summed E-state index contributed by atoms with van der Waals surface area (Å²) in [7, 11) is 4.64. The van der Waals surface area contributed by atoms with Gasteiger partial charge >= 0.3 is 0 Å². The average molecular weight is 463 g/mol. The van der Waals surface area contributed by atoms with Gasteiger partial charge in [0.05, 0.1) is 21.3 Å². The molecule has 1 aromatic heterocycles. The van der Waals surface area contributed by atoms with Crippen LogP contribution in [0.15, 0.2) is 52.9 Å². The quantitative estimate of drug-likeness (QED) is 0.387. The van der Waals surface area contributed by atoms with Gasteiger partial charge in [-0.2, -0.15) is 0 Å². The van der Waals surface area contributed by atoms with Crippen molar-refractivity contribution in [3.05, 3.63) is 59.7 Å². The van der Waals surface area contributed by atoms with Crippen molar-refractivity contribution in [2.45, 2.75) is 13.8 Å². The minimum atomic E-state index is -0.271. The van der Waals surface area contributed by atoms with Crippen molar-refractivity contribution in [2.24, 2.45) is 0 Å². The molecule has 0 bridgehead atoms. The van der Waals surface area contributed by atoms with E-state index in [-0.39, 0.29) is 12.5 Å². The van der Waals surface area contributed by atoms with Crippen molar-refractivity contribution < 1.29 is 28.2 Å². The molecule has 4 aromatic rings. The normalized spacial score (nSPS) is 10.7. The number of fused-ring (bicyclic) bond motifs is 1. The van der Waals surface area contributed by atoms with Gasteiger partial charge in [-0.25, -0.2) is 4.98 Å². The van der Waals surface area contributed by atoms with E-state index in [1.807, 2.05) is 32.0 Å². The molecule has 0 aliphatic carbocycles. The standard InChI is InChI=1S/C26H26N2O6/c1-15-6-8-20(16(2)10-15)33-14-24(29)27-18-7-9-21-19(13-18)28-26(34-21)17-11-22(30-3)25(32-5)23(12-17)31-4/h6-13H,14H2,1-5H3,(H,27,29). The maximum Gasteiger partial charge on any atom is 0.262 e. The van der Waals surface area contributed by atoms with Crippen molar-refractivity contribution in [3.63, 3.8) is 0 Å². The van der Waals surface area contributed by atoms with Gasteiger partial charge in [-0.05, 0) is 55.8 Å². The molecule has 176 valence electrons. The number of oxazole rings is 1. The minimum Gasteiger partial charge on any atom is -0.493 e. The molecular formula is C26H26N2O6. The third kappa shape index (κ3) is 4.76. The Balaban J connectivity index is 1.51. The fraction of sp³-hybridized carbons (Fsp3) is 0.231. The van der Waals surface area contributed by atoms with Crippen LogP contribution in [-0.4, -0.2) is 38.8 Å². The Labute approximate surface area is 197 Å². The highest BCUT2D eigenvalue weighted by Crippen LogP contribution is 2.41. The highest BCUT2D eigenvalue weighted by molar-refractivity contribution is 5.94. The highest BCUT2D eigenvalue weighted by Gasteiger charge is 2.17. The Hall–Kier alpha value is -4.20. The molecule has 3 aromatic carbocycles. The molecule has 0 atom stereocenters. The van der Waals surface area contributed by atoms with Crippen LogP contribution < -0.4 is 24.3 Å². The zero-order chi connectivity index (χ0) is 24.2. The van der Waals surface area contributed by atoms with Crippen LogP contribution in [0, 0.1) is 13.8 Å². The molecule has 34 heavy (non-hydrogen) atoms. The molecule has 4 rings (SSSR count). The number of ether oxygens (including phenoxy) is 4. The number of benzene rings is 3. The predicted octanol–water partition coefficient (Wildman–Crippen LogP) is 5.15. The molecule has 0 aliphatic heterocycles.